The van der Waals surface area contributed by atoms with Gasteiger partial charge in [-0.15, -0.1) is 0 Å². The Hall–Kier alpha value is -2.90. The molecule has 2 aromatic rings. The maximum absolute atomic E-state index is 12.7. The first-order chi connectivity index (χ1) is 13.6. The topological polar surface area (TPSA) is 102 Å². The van der Waals surface area contributed by atoms with Crippen molar-refractivity contribution in [2.75, 3.05) is 26.2 Å². The molecule has 2 saturated heterocycles. The first kappa shape index (κ1) is 18.5. The van der Waals surface area contributed by atoms with Crippen LogP contribution in [0.25, 0.3) is 0 Å². The number of hydrogen-bond donors (Lipinski definition) is 2. The highest BCUT2D eigenvalue weighted by molar-refractivity contribution is 5.94. The largest absolute Gasteiger partial charge is 0.505 e. The van der Waals surface area contributed by atoms with E-state index in [1.165, 1.54) is 12.3 Å². The van der Waals surface area contributed by atoms with Gasteiger partial charge in [0.2, 0.25) is 5.91 Å². The van der Waals surface area contributed by atoms with Crippen LogP contribution in [0.5, 0.6) is 5.75 Å². The molecule has 2 N–H and O–H groups in total. The molecule has 4 heterocycles. The third-order valence-corrected chi connectivity index (χ3v) is 6.05. The van der Waals surface area contributed by atoms with Crippen molar-refractivity contribution < 1.29 is 14.7 Å². The number of likely N-dealkylation sites (tertiary alicyclic amines) is 2. The van der Waals surface area contributed by atoms with Crippen LogP contribution in [0.2, 0.25) is 0 Å². The number of amides is 2. The molecule has 0 bridgehead atoms. The lowest BCUT2D eigenvalue weighted by molar-refractivity contribution is -0.138. The van der Waals surface area contributed by atoms with Crippen molar-refractivity contribution in [2.45, 2.75) is 32.1 Å². The lowest BCUT2D eigenvalue weighted by Crippen LogP contribution is -2.52. The zero-order chi connectivity index (χ0) is 19.6. The molecule has 0 aliphatic carbocycles. The van der Waals surface area contributed by atoms with E-state index in [0.717, 1.165) is 37.9 Å². The molecule has 2 aromatic heterocycles. The van der Waals surface area contributed by atoms with Crippen molar-refractivity contribution in [1.29, 1.82) is 0 Å². The van der Waals surface area contributed by atoms with Crippen LogP contribution < -0.4 is 0 Å². The van der Waals surface area contributed by atoms with E-state index in [2.05, 4.69) is 15.0 Å². The van der Waals surface area contributed by atoms with Crippen molar-refractivity contribution in [1.82, 2.24) is 24.8 Å². The summed E-state index contributed by atoms with van der Waals surface area (Å²) >= 11 is 0. The van der Waals surface area contributed by atoms with E-state index in [0.29, 0.717) is 26.1 Å². The highest BCUT2D eigenvalue weighted by Crippen LogP contribution is 2.40. The fourth-order valence-corrected chi connectivity index (χ4v) is 4.29. The average Bonchev–Trinajstić information content (AvgIpc) is 3.23. The van der Waals surface area contributed by atoms with E-state index in [-0.39, 0.29) is 28.7 Å². The molecular weight excluding hydrogens is 358 g/mol. The normalized spacial score (nSPS) is 19.2. The molecule has 8 nitrogen and oxygen atoms in total. The molecule has 1 spiro atoms. The molecule has 0 radical (unpaired) electrons. The highest BCUT2D eigenvalue weighted by atomic mass is 16.3. The van der Waals surface area contributed by atoms with Gasteiger partial charge in [-0.3, -0.25) is 9.59 Å². The molecule has 28 heavy (non-hydrogen) atoms. The summed E-state index contributed by atoms with van der Waals surface area (Å²) in [7, 11) is 0. The van der Waals surface area contributed by atoms with Crippen LogP contribution in [0.1, 0.15) is 41.9 Å². The lowest BCUT2D eigenvalue weighted by atomic mass is 9.72. The van der Waals surface area contributed by atoms with Gasteiger partial charge in [0.25, 0.3) is 5.91 Å². The molecule has 4 rings (SSSR count). The summed E-state index contributed by atoms with van der Waals surface area (Å²) in [6.07, 6.45) is 8.90. The Labute approximate surface area is 163 Å². The van der Waals surface area contributed by atoms with Gasteiger partial charge in [0.15, 0.2) is 5.69 Å². The molecular formula is C20H25N5O3. The molecule has 2 aliphatic rings. The summed E-state index contributed by atoms with van der Waals surface area (Å²) in [5, 5.41) is 9.89. The second kappa shape index (κ2) is 7.61. The molecule has 2 aliphatic heterocycles. The number of aromatic nitrogens is 3. The molecule has 0 atom stereocenters. The number of pyridine rings is 1. The van der Waals surface area contributed by atoms with Gasteiger partial charge >= 0.3 is 0 Å². The van der Waals surface area contributed by atoms with Gasteiger partial charge in [-0.1, -0.05) is 0 Å². The van der Waals surface area contributed by atoms with Gasteiger partial charge in [0.1, 0.15) is 5.75 Å². The number of piperidine rings is 2. The first-order valence-electron chi connectivity index (χ1n) is 9.75. The minimum atomic E-state index is -0.226. The molecule has 0 unspecified atom stereocenters. The summed E-state index contributed by atoms with van der Waals surface area (Å²) in [5.74, 6) is -0.0981. The van der Waals surface area contributed by atoms with E-state index in [1.807, 2.05) is 4.90 Å². The Kier molecular flexibility index (Phi) is 5.02. The standard InChI is InChI=1S/C20H25N5O3/c26-16-2-1-8-22-18(16)19(28)24-10-6-20(7-11-24)5-3-17(27)25(13-20)9-4-15-12-21-14-23-15/h1-2,8,12,14,26H,3-7,9-11,13H2,(H,21,23). The Balaban J connectivity index is 1.37. The fraction of sp³-hybridized carbons (Fsp3) is 0.500. The molecule has 0 aromatic carbocycles. The molecule has 8 heteroatoms. The number of H-pyrrole nitrogens is 1. The van der Waals surface area contributed by atoms with Gasteiger partial charge in [0, 0.05) is 57.1 Å². The maximum Gasteiger partial charge on any atom is 0.276 e. The number of carbonyl (C=O) groups excluding carboxylic acids is 2. The number of nitrogens with zero attached hydrogens (tertiary/aromatic N) is 4. The quantitative estimate of drug-likeness (QED) is 0.835. The van der Waals surface area contributed by atoms with Gasteiger partial charge in [0.05, 0.1) is 6.33 Å². The van der Waals surface area contributed by atoms with E-state index < -0.39 is 0 Å². The van der Waals surface area contributed by atoms with E-state index in [1.54, 1.807) is 23.5 Å². The van der Waals surface area contributed by atoms with Crippen molar-refractivity contribution in [3.05, 3.63) is 42.2 Å². The Bertz CT molecular complexity index is 843. The van der Waals surface area contributed by atoms with Crippen molar-refractivity contribution >= 4 is 11.8 Å². The lowest BCUT2D eigenvalue weighted by Gasteiger charge is -2.47. The third kappa shape index (κ3) is 3.72. The van der Waals surface area contributed by atoms with Gasteiger partial charge < -0.3 is 19.9 Å². The SMILES string of the molecule is O=C1CCC2(CCN(C(=O)c3ncccc3O)CC2)CN1CCc1cnc[nH]1. The predicted octanol–water partition coefficient (Wildman–Crippen LogP) is 1.60. The van der Waals surface area contributed by atoms with E-state index in [4.69, 9.17) is 0 Å². The van der Waals surface area contributed by atoms with Crippen LogP contribution in [0.15, 0.2) is 30.9 Å². The van der Waals surface area contributed by atoms with E-state index in [9.17, 15) is 14.7 Å². The Morgan fingerprint density at radius 3 is 2.82 bits per heavy atom. The van der Waals surface area contributed by atoms with Crippen LogP contribution >= 0.6 is 0 Å². The minimum absolute atomic E-state index is 0.0742. The van der Waals surface area contributed by atoms with Gasteiger partial charge in [-0.2, -0.15) is 0 Å². The number of hydrogen-bond acceptors (Lipinski definition) is 5. The molecule has 148 valence electrons. The number of aromatic hydroxyl groups is 1. The van der Waals surface area contributed by atoms with Gasteiger partial charge in [-0.25, -0.2) is 9.97 Å². The summed E-state index contributed by atoms with van der Waals surface area (Å²) < 4.78 is 0. The summed E-state index contributed by atoms with van der Waals surface area (Å²) in [4.78, 5) is 39.9. The fourth-order valence-electron chi connectivity index (χ4n) is 4.29. The van der Waals surface area contributed by atoms with Crippen LogP contribution in [-0.4, -0.2) is 67.9 Å². The third-order valence-electron chi connectivity index (χ3n) is 6.05. The van der Waals surface area contributed by atoms with Crippen LogP contribution in [0, 0.1) is 5.41 Å². The molecule has 2 amide bonds. The van der Waals surface area contributed by atoms with E-state index >= 15 is 0 Å². The smallest absolute Gasteiger partial charge is 0.276 e. The maximum atomic E-state index is 12.7. The summed E-state index contributed by atoms with van der Waals surface area (Å²) in [6, 6.07) is 3.09. The number of aromatic amines is 1. The monoisotopic (exact) mass is 383 g/mol. The van der Waals surface area contributed by atoms with Gasteiger partial charge in [-0.05, 0) is 36.8 Å². The minimum Gasteiger partial charge on any atom is -0.505 e. The number of imidazole rings is 1. The summed E-state index contributed by atoms with van der Waals surface area (Å²) in [6.45, 7) is 2.68. The second-order valence-electron chi connectivity index (χ2n) is 7.81. The predicted molar refractivity (Wildman–Crippen MR) is 102 cm³/mol. The highest BCUT2D eigenvalue weighted by Gasteiger charge is 2.42. The van der Waals surface area contributed by atoms with Crippen LogP contribution in [0.4, 0.5) is 0 Å². The molecule has 2 fully saturated rings. The Morgan fingerprint density at radius 2 is 2.11 bits per heavy atom. The Morgan fingerprint density at radius 1 is 1.29 bits per heavy atom. The van der Waals surface area contributed by atoms with Crippen LogP contribution in [0.3, 0.4) is 0 Å². The summed E-state index contributed by atoms with van der Waals surface area (Å²) in [5.41, 5.74) is 1.21. The van der Waals surface area contributed by atoms with Crippen molar-refractivity contribution in [3.63, 3.8) is 0 Å². The van der Waals surface area contributed by atoms with Crippen molar-refractivity contribution in [3.8, 4) is 5.75 Å². The molecule has 0 saturated carbocycles. The average molecular weight is 383 g/mol. The number of carbonyl (C=O) groups is 2. The van der Waals surface area contributed by atoms with Crippen molar-refractivity contribution in [2.24, 2.45) is 5.41 Å². The number of rotatable bonds is 4. The number of nitrogens with one attached hydrogen (secondary N) is 1. The zero-order valence-electron chi connectivity index (χ0n) is 15.8. The van der Waals surface area contributed by atoms with Crippen LogP contribution in [-0.2, 0) is 11.2 Å². The zero-order valence-corrected chi connectivity index (χ0v) is 15.8. The second-order valence-corrected chi connectivity index (χ2v) is 7.81. The first-order valence-corrected chi connectivity index (χ1v) is 9.75.